The summed E-state index contributed by atoms with van der Waals surface area (Å²) in [7, 11) is 0. The van der Waals surface area contributed by atoms with Crippen LogP contribution >= 0.6 is 11.6 Å². The van der Waals surface area contributed by atoms with Gasteiger partial charge in [0, 0.05) is 24.0 Å². The molecule has 0 fully saturated rings. The Bertz CT molecular complexity index is 766. The zero-order chi connectivity index (χ0) is 15.4. The van der Waals surface area contributed by atoms with E-state index in [1.165, 1.54) is 0 Å². The molecule has 5 nitrogen and oxygen atoms in total. The molecule has 0 unspecified atom stereocenters. The second kappa shape index (κ2) is 6.49. The van der Waals surface area contributed by atoms with Crippen molar-refractivity contribution in [3.8, 4) is 0 Å². The lowest BCUT2D eigenvalue weighted by atomic mass is 10.2. The van der Waals surface area contributed by atoms with Crippen LogP contribution < -0.4 is 10.6 Å². The Labute approximate surface area is 132 Å². The van der Waals surface area contributed by atoms with Crippen molar-refractivity contribution in [1.82, 2.24) is 20.0 Å². The number of hydrogen-bond donors (Lipinski definition) is 2. The lowest BCUT2D eigenvalue weighted by Gasteiger charge is -2.06. The SMILES string of the molecule is O=C(NCc1cccc(Cl)c1)NCc1cn2ccccc2n1. The van der Waals surface area contributed by atoms with Gasteiger partial charge in [0.15, 0.2) is 0 Å². The number of urea groups is 1. The predicted octanol–water partition coefficient (Wildman–Crippen LogP) is 2.99. The van der Waals surface area contributed by atoms with Gasteiger partial charge in [0.25, 0.3) is 0 Å². The maximum atomic E-state index is 11.8. The highest BCUT2D eigenvalue weighted by Gasteiger charge is 2.04. The summed E-state index contributed by atoms with van der Waals surface area (Å²) < 4.78 is 1.92. The molecule has 3 rings (SSSR count). The van der Waals surface area contributed by atoms with E-state index in [0.29, 0.717) is 18.1 Å². The van der Waals surface area contributed by atoms with Gasteiger partial charge >= 0.3 is 6.03 Å². The quantitative estimate of drug-likeness (QED) is 0.778. The number of benzene rings is 1. The Kier molecular flexibility index (Phi) is 4.25. The summed E-state index contributed by atoms with van der Waals surface area (Å²) in [6.45, 7) is 0.806. The van der Waals surface area contributed by atoms with Gasteiger partial charge in [-0.1, -0.05) is 29.8 Å². The van der Waals surface area contributed by atoms with Crippen molar-refractivity contribution in [1.29, 1.82) is 0 Å². The van der Waals surface area contributed by atoms with Crippen LogP contribution in [0, 0.1) is 0 Å². The zero-order valence-electron chi connectivity index (χ0n) is 11.8. The Morgan fingerprint density at radius 1 is 1.14 bits per heavy atom. The highest BCUT2D eigenvalue weighted by atomic mass is 35.5. The van der Waals surface area contributed by atoms with E-state index >= 15 is 0 Å². The van der Waals surface area contributed by atoms with Crippen LogP contribution in [0.4, 0.5) is 4.79 Å². The van der Waals surface area contributed by atoms with E-state index in [1.807, 2.05) is 53.2 Å². The van der Waals surface area contributed by atoms with Crippen LogP contribution in [0.15, 0.2) is 54.9 Å². The van der Waals surface area contributed by atoms with Gasteiger partial charge in [-0.3, -0.25) is 0 Å². The number of nitrogens with zero attached hydrogens (tertiary/aromatic N) is 2. The molecule has 0 atom stereocenters. The fourth-order valence-corrected chi connectivity index (χ4v) is 2.35. The molecule has 2 aromatic heterocycles. The molecule has 0 aliphatic rings. The van der Waals surface area contributed by atoms with Gasteiger partial charge in [0.1, 0.15) is 5.65 Å². The van der Waals surface area contributed by atoms with Crippen LogP contribution in [0.1, 0.15) is 11.3 Å². The summed E-state index contributed by atoms with van der Waals surface area (Å²) in [6.07, 6.45) is 3.82. The molecular weight excluding hydrogens is 300 g/mol. The van der Waals surface area contributed by atoms with Gasteiger partial charge in [0.2, 0.25) is 0 Å². The highest BCUT2D eigenvalue weighted by Crippen LogP contribution is 2.10. The number of fused-ring (bicyclic) bond motifs is 1. The van der Waals surface area contributed by atoms with E-state index in [4.69, 9.17) is 11.6 Å². The molecular formula is C16H15ClN4O. The molecule has 0 saturated carbocycles. The summed E-state index contributed by atoms with van der Waals surface area (Å²) in [5, 5.41) is 6.23. The molecule has 112 valence electrons. The summed E-state index contributed by atoms with van der Waals surface area (Å²) >= 11 is 5.90. The fourth-order valence-electron chi connectivity index (χ4n) is 2.13. The van der Waals surface area contributed by atoms with Crippen molar-refractivity contribution in [2.24, 2.45) is 0 Å². The zero-order valence-corrected chi connectivity index (χ0v) is 12.5. The highest BCUT2D eigenvalue weighted by molar-refractivity contribution is 6.30. The van der Waals surface area contributed by atoms with E-state index in [9.17, 15) is 4.79 Å². The lowest BCUT2D eigenvalue weighted by Crippen LogP contribution is -2.34. The van der Waals surface area contributed by atoms with Gasteiger partial charge < -0.3 is 15.0 Å². The molecule has 2 heterocycles. The Morgan fingerprint density at radius 3 is 2.82 bits per heavy atom. The second-order valence-electron chi connectivity index (χ2n) is 4.86. The van der Waals surface area contributed by atoms with Gasteiger partial charge in [0.05, 0.1) is 12.2 Å². The molecule has 3 aromatic rings. The first-order valence-corrected chi connectivity index (χ1v) is 7.27. The standard InChI is InChI=1S/C16H15ClN4O/c17-13-5-3-4-12(8-13)9-18-16(22)19-10-14-11-21-7-2-1-6-15(21)20-14/h1-8,11H,9-10H2,(H2,18,19,22). The topological polar surface area (TPSA) is 58.4 Å². The molecule has 0 radical (unpaired) electrons. The normalized spacial score (nSPS) is 10.6. The number of carbonyl (C=O) groups excluding carboxylic acids is 1. The molecule has 1 aromatic carbocycles. The van der Waals surface area contributed by atoms with Gasteiger partial charge in [-0.2, -0.15) is 0 Å². The van der Waals surface area contributed by atoms with Crippen molar-refractivity contribution in [2.45, 2.75) is 13.1 Å². The number of carbonyl (C=O) groups is 1. The Morgan fingerprint density at radius 2 is 2.00 bits per heavy atom. The monoisotopic (exact) mass is 314 g/mol. The number of pyridine rings is 1. The maximum Gasteiger partial charge on any atom is 0.315 e. The van der Waals surface area contributed by atoms with Crippen LogP contribution in [-0.2, 0) is 13.1 Å². The molecule has 2 N–H and O–H groups in total. The minimum atomic E-state index is -0.239. The fraction of sp³-hybridized carbons (Fsp3) is 0.125. The molecule has 22 heavy (non-hydrogen) atoms. The summed E-state index contributed by atoms with van der Waals surface area (Å²) in [5.74, 6) is 0. The predicted molar refractivity (Wildman–Crippen MR) is 85.7 cm³/mol. The molecule has 6 heteroatoms. The first-order valence-electron chi connectivity index (χ1n) is 6.89. The van der Waals surface area contributed by atoms with Crippen molar-refractivity contribution in [3.63, 3.8) is 0 Å². The summed E-state index contributed by atoms with van der Waals surface area (Å²) in [4.78, 5) is 16.2. The van der Waals surface area contributed by atoms with Crippen LogP contribution in [0.5, 0.6) is 0 Å². The van der Waals surface area contributed by atoms with Crippen molar-refractivity contribution >= 4 is 23.3 Å². The van der Waals surface area contributed by atoms with E-state index in [1.54, 1.807) is 6.07 Å². The largest absolute Gasteiger partial charge is 0.334 e. The smallest absolute Gasteiger partial charge is 0.315 e. The Balaban J connectivity index is 1.51. The minimum Gasteiger partial charge on any atom is -0.334 e. The maximum absolute atomic E-state index is 11.8. The molecule has 2 amide bonds. The van der Waals surface area contributed by atoms with E-state index in [0.717, 1.165) is 16.9 Å². The van der Waals surface area contributed by atoms with Gasteiger partial charge in [-0.25, -0.2) is 9.78 Å². The number of halogens is 1. The van der Waals surface area contributed by atoms with E-state index in [2.05, 4.69) is 15.6 Å². The molecule has 0 spiro atoms. The third kappa shape index (κ3) is 3.56. The molecule has 0 aliphatic carbocycles. The van der Waals surface area contributed by atoms with Crippen LogP contribution in [0.3, 0.4) is 0 Å². The van der Waals surface area contributed by atoms with E-state index < -0.39 is 0 Å². The first-order chi connectivity index (χ1) is 10.7. The average Bonchev–Trinajstić information content (AvgIpc) is 2.94. The average molecular weight is 315 g/mol. The number of aromatic nitrogens is 2. The van der Waals surface area contributed by atoms with Crippen LogP contribution in [-0.4, -0.2) is 15.4 Å². The van der Waals surface area contributed by atoms with Crippen molar-refractivity contribution in [3.05, 3.63) is 71.1 Å². The summed E-state index contributed by atoms with van der Waals surface area (Å²) in [6, 6.07) is 12.9. The molecule has 0 aliphatic heterocycles. The third-order valence-corrected chi connectivity index (χ3v) is 3.42. The van der Waals surface area contributed by atoms with Crippen molar-refractivity contribution in [2.75, 3.05) is 0 Å². The molecule has 0 saturated heterocycles. The van der Waals surface area contributed by atoms with Crippen molar-refractivity contribution < 1.29 is 4.79 Å². The number of amides is 2. The van der Waals surface area contributed by atoms with E-state index in [-0.39, 0.29) is 6.03 Å². The molecule has 0 bridgehead atoms. The lowest BCUT2D eigenvalue weighted by molar-refractivity contribution is 0.240. The number of imidazole rings is 1. The third-order valence-electron chi connectivity index (χ3n) is 3.19. The van der Waals surface area contributed by atoms with Crippen LogP contribution in [0.25, 0.3) is 5.65 Å². The number of nitrogens with one attached hydrogen (secondary N) is 2. The second-order valence-corrected chi connectivity index (χ2v) is 5.30. The van der Waals surface area contributed by atoms with Gasteiger partial charge in [-0.15, -0.1) is 0 Å². The minimum absolute atomic E-state index is 0.239. The Hall–Kier alpha value is -2.53. The number of hydrogen-bond acceptors (Lipinski definition) is 2. The first kappa shape index (κ1) is 14.4. The van der Waals surface area contributed by atoms with Crippen LogP contribution in [0.2, 0.25) is 5.02 Å². The number of rotatable bonds is 4. The van der Waals surface area contributed by atoms with Gasteiger partial charge in [-0.05, 0) is 29.8 Å². The summed E-state index contributed by atoms with van der Waals surface area (Å²) in [5.41, 5.74) is 2.62.